The second-order valence-corrected chi connectivity index (χ2v) is 7.81. The molecular formula is C25H26N4O3. The molecule has 2 aromatic carbocycles. The number of aromatic nitrogens is 3. The van der Waals surface area contributed by atoms with E-state index in [0.29, 0.717) is 19.1 Å². The van der Waals surface area contributed by atoms with Crippen LogP contribution in [0.5, 0.6) is 17.4 Å². The Morgan fingerprint density at radius 1 is 1.03 bits per heavy atom. The largest absolute Gasteiger partial charge is 0.497 e. The fourth-order valence-electron chi connectivity index (χ4n) is 3.94. The van der Waals surface area contributed by atoms with Crippen LogP contribution in [0.3, 0.4) is 0 Å². The zero-order valence-electron chi connectivity index (χ0n) is 18.3. The molecule has 5 rings (SSSR count). The maximum Gasteiger partial charge on any atom is 0.220 e. The smallest absolute Gasteiger partial charge is 0.220 e. The summed E-state index contributed by atoms with van der Waals surface area (Å²) in [6.07, 6.45) is 0. The summed E-state index contributed by atoms with van der Waals surface area (Å²) in [4.78, 5) is 7.19. The van der Waals surface area contributed by atoms with Gasteiger partial charge in [0.2, 0.25) is 5.88 Å². The molecule has 3 heterocycles. The van der Waals surface area contributed by atoms with E-state index in [1.165, 1.54) is 0 Å². The highest BCUT2D eigenvalue weighted by Gasteiger charge is 2.20. The molecule has 7 nitrogen and oxygen atoms in total. The van der Waals surface area contributed by atoms with Crippen molar-refractivity contribution in [2.45, 2.75) is 13.5 Å². The van der Waals surface area contributed by atoms with Crippen LogP contribution in [0.25, 0.3) is 16.7 Å². The van der Waals surface area contributed by atoms with E-state index in [2.05, 4.69) is 11.0 Å². The molecule has 32 heavy (non-hydrogen) atoms. The highest BCUT2D eigenvalue weighted by atomic mass is 16.5. The number of ether oxygens (including phenoxy) is 3. The van der Waals surface area contributed by atoms with Crippen LogP contribution in [0, 0.1) is 6.92 Å². The lowest BCUT2D eigenvalue weighted by atomic mass is 10.2. The van der Waals surface area contributed by atoms with Crippen LogP contribution < -0.4 is 14.2 Å². The lowest BCUT2D eigenvalue weighted by molar-refractivity contribution is 0.185. The zero-order valence-corrected chi connectivity index (χ0v) is 18.3. The minimum absolute atomic E-state index is 0.590. The van der Waals surface area contributed by atoms with Crippen molar-refractivity contribution in [3.8, 4) is 23.1 Å². The molecule has 4 aromatic rings. The van der Waals surface area contributed by atoms with E-state index in [4.69, 9.17) is 24.3 Å². The van der Waals surface area contributed by atoms with Gasteiger partial charge in [-0.1, -0.05) is 18.2 Å². The molecular weight excluding hydrogens is 404 g/mol. The average Bonchev–Trinajstić information content (AvgIpc) is 3.01. The van der Waals surface area contributed by atoms with Crippen molar-refractivity contribution in [3.05, 3.63) is 71.9 Å². The lowest BCUT2D eigenvalue weighted by Gasteiger charge is -2.19. The van der Waals surface area contributed by atoms with Gasteiger partial charge in [0.1, 0.15) is 24.7 Å². The molecule has 0 atom stereocenters. The molecule has 0 radical (unpaired) electrons. The topological polar surface area (TPSA) is 61.6 Å². The van der Waals surface area contributed by atoms with Gasteiger partial charge in [-0.05, 0) is 49.4 Å². The van der Waals surface area contributed by atoms with Crippen LogP contribution in [-0.2, 0) is 6.54 Å². The molecule has 164 valence electrons. The molecule has 0 unspecified atom stereocenters. The third kappa shape index (κ3) is 4.11. The summed E-state index contributed by atoms with van der Waals surface area (Å²) in [5.74, 6) is 2.35. The number of pyridine rings is 1. The van der Waals surface area contributed by atoms with Gasteiger partial charge < -0.3 is 14.2 Å². The number of hydrogen-bond donors (Lipinski definition) is 0. The van der Waals surface area contributed by atoms with E-state index in [-0.39, 0.29) is 0 Å². The van der Waals surface area contributed by atoms with Gasteiger partial charge in [-0.3, -0.25) is 4.90 Å². The SMILES string of the molecule is COc1ccc(OCCN2CCOc3nc4c(cc3C2)c(C)nn4-c2ccccc2)cc1. The summed E-state index contributed by atoms with van der Waals surface area (Å²) in [5.41, 5.74) is 3.85. The maximum atomic E-state index is 6.03. The number of para-hydroxylation sites is 1. The molecule has 1 aliphatic rings. The average molecular weight is 431 g/mol. The third-order valence-electron chi connectivity index (χ3n) is 5.66. The van der Waals surface area contributed by atoms with Crippen molar-refractivity contribution in [2.75, 3.05) is 33.4 Å². The number of fused-ring (bicyclic) bond motifs is 2. The molecule has 0 saturated carbocycles. The van der Waals surface area contributed by atoms with Crippen LogP contribution in [0.4, 0.5) is 0 Å². The first kappa shape index (κ1) is 20.3. The lowest BCUT2D eigenvalue weighted by Crippen LogP contribution is -2.30. The first-order valence-electron chi connectivity index (χ1n) is 10.8. The first-order chi connectivity index (χ1) is 15.7. The minimum Gasteiger partial charge on any atom is -0.497 e. The van der Waals surface area contributed by atoms with E-state index in [1.807, 2.05) is 66.2 Å². The first-order valence-corrected chi connectivity index (χ1v) is 10.8. The number of aryl methyl sites for hydroxylation is 1. The number of methoxy groups -OCH3 is 1. The summed E-state index contributed by atoms with van der Waals surface area (Å²) >= 11 is 0. The summed E-state index contributed by atoms with van der Waals surface area (Å²) in [6, 6.07) is 19.9. The summed E-state index contributed by atoms with van der Waals surface area (Å²) < 4.78 is 19.0. The zero-order chi connectivity index (χ0) is 21.9. The fraction of sp³-hybridized carbons (Fsp3) is 0.280. The molecule has 0 fully saturated rings. The molecule has 0 amide bonds. The van der Waals surface area contributed by atoms with E-state index in [0.717, 1.165) is 59.1 Å². The van der Waals surface area contributed by atoms with Crippen LogP contribution in [0.1, 0.15) is 11.3 Å². The van der Waals surface area contributed by atoms with Gasteiger partial charge in [0, 0.05) is 30.6 Å². The Balaban J connectivity index is 1.32. The van der Waals surface area contributed by atoms with E-state index in [9.17, 15) is 0 Å². The third-order valence-corrected chi connectivity index (χ3v) is 5.66. The number of rotatable bonds is 6. The fourth-order valence-corrected chi connectivity index (χ4v) is 3.94. The Morgan fingerprint density at radius 3 is 2.59 bits per heavy atom. The summed E-state index contributed by atoms with van der Waals surface area (Å²) in [7, 11) is 1.66. The highest BCUT2D eigenvalue weighted by Crippen LogP contribution is 2.29. The van der Waals surface area contributed by atoms with Crippen LogP contribution in [0.15, 0.2) is 60.7 Å². The molecule has 7 heteroatoms. The Bertz CT molecular complexity index is 1210. The predicted octanol–water partition coefficient (Wildman–Crippen LogP) is 4.01. The monoisotopic (exact) mass is 430 g/mol. The Morgan fingerprint density at radius 2 is 1.81 bits per heavy atom. The number of benzene rings is 2. The van der Waals surface area contributed by atoms with Crippen LogP contribution >= 0.6 is 0 Å². The highest BCUT2D eigenvalue weighted by molar-refractivity contribution is 5.81. The Labute approximate surface area is 187 Å². The molecule has 0 N–H and O–H groups in total. The van der Waals surface area contributed by atoms with Crippen molar-refractivity contribution in [1.82, 2.24) is 19.7 Å². The van der Waals surface area contributed by atoms with Crippen LogP contribution in [0.2, 0.25) is 0 Å². The minimum atomic E-state index is 0.590. The summed E-state index contributed by atoms with van der Waals surface area (Å²) in [6.45, 7) is 5.60. The Kier molecular flexibility index (Phi) is 5.64. The molecule has 2 aromatic heterocycles. The van der Waals surface area contributed by atoms with Crippen molar-refractivity contribution in [3.63, 3.8) is 0 Å². The van der Waals surface area contributed by atoms with Gasteiger partial charge in [0.25, 0.3) is 0 Å². The van der Waals surface area contributed by atoms with Crippen molar-refractivity contribution < 1.29 is 14.2 Å². The standard InChI is InChI=1S/C25H26N4O3/c1-18-23-16-19-17-28(12-14-31-22-10-8-21(30-2)9-11-22)13-15-32-25(19)26-24(23)29(27-18)20-6-4-3-5-7-20/h3-11,16H,12-15,17H2,1-2H3. The second kappa shape index (κ2) is 8.88. The van der Waals surface area contributed by atoms with Crippen molar-refractivity contribution in [2.24, 2.45) is 0 Å². The number of hydrogen-bond acceptors (Lipinski definition) is 6. The van der Waals surface area contributed by atoms with Crippen LogP contribution in [-0.4, -0.2) is 53.1 Å². The van der Waals surface area contributed by atoms with Gasteiger partial charge in [-0.15, -0.1) is 0 Å². The van der Waals surface area contributed by atoms with Gasteiger partial charge >= 0.3 is 0 Å². The summed E-state index contributed by atoms with van der Waals surface area (Å²) in [5, 5.41) is 5.77. The number of nitrogens with zero attached hydrogens (tertiary/aromatic N) is 4. The molecule has 0 aliphatic carbocycles. The normalized spacial score (nSPS) is 13.9. The van der Waals surface area contributed by atoms with Gasteiger partial charge in [-0.2, -0.15) is 10.1 Å². The van der Waals surface area contributed by atoms with Gasteiger partial charge in [0.15, 0.2) is 5.65 Å². The van der Waals surface area contributed by atoms with Gasteiger partial charge in [0.05, 0.1) is 18.5 Å². The Hall–Kier alpha value is -3.58. The van der Waals surface area contributed by atoms with E-state index in [1.54, 1.807) is 7.11 Å². The van der Waals surface area contributed by atoms with E-state index < -0.39 is 0 Å². The van der Waals surface area contributed by atoms with Crippen molar-refractivity contribution in [1.29, 1.82) is 0 Å². The molecule has 0 saturated heterocycles. The molecule has 1 aliphatic heterocycles. The second-order valence-electron chi connectivity index (χ2n) is 7.81. The van der Waals surface area contributed by atoms with E-state index >= 15 is 0 Å². The van der Waals surface area contributed by atoms with Crippen molar-refractivity contribution >= 4 is 11.0 Å². The quantitative estimate of drug-likeness (QED) is 0.461. The molecule has 0 bridgehead atoms. The van der Waals surface area contributed by atoms with Gasteiger partial charge in [-0.25, -0.2) is 4.68 Å². The predicted molar refractivity (Wildman–Crippen MR) is 123 cm³/mol. The molecule has 0 spiro atoms. The maximum absolute atomic E-state index is 6.03.